The largest absolute Gasteiger partial charge is 0.372 e. The number of ketones is 1. The minimum absolute atomic E-state index is 0.0201. The number of piperidine rings is 1. The van der Waals surface area contributed by atoms with Gasteiger partial charge in [0.2, 0.25) is 5.91 Å². The molecule has 4 heteroatoms. The molecule has 0 aromatic heterocycles. The Kier molecular flexibility index (Phi) is 5.49. The number of hydrogen-bond acceptors (Lipinski definition) is 3. The van der Waals surface area contributed by atoms with Crippen molar-refractivity contribution < 1.29 is 9.59 Å². The third-order valence-corrected chi connectivity index (χ3v) is 4.60. The van der Waals surface area contributed by atoms with Gasteiger partial charge in [-0.2, -0.15) is 0 Å². The van der Waals surface area contributed by atoms with Gasteiger partial charge in [-0.25, -0.2) is 0 Å². The van der Waals surface area contributed by atoms with E-state index in [9.17, 15) is 9.59 Å². The van der Waals surface area contributed by atoms with Crippen LogP contribution in [0.2, 0.25) is 0 Å². The highest BCUT2D eigenvalue weighted by atomic mass is 16.1. The second-order valence-corrected chi connectivity index (χ2v) is 6.57. The fourth-order valence-electron chi connectivity index (χ4n) is 3.16. The molecule has 1 amide bonds. The normalized spacial score (nSPS) is 14.2. The molecule has 0 bridgehead atoms. The first-order valence-corrected chi connectivity index (χ1v) is 8.86. The number of carbonyl (C=O) groups is 2. The van der Waals surface area contributed by atoms with Crippen LogP contribution in [0.5, 0.6) is 0 Å². The summed E-state index contributed by atoms with van der Waals surface area (Å²) in [5.41, 5.74) is 3.59. The van der Waals surface area contributed by atoms with Crippen LogP contribution in [-0.4, -0.2) is 24.8 Å². The SMILES string of the molecule is CC(=O)c1ccc(NC(=O)Cc2ccc(N3CCCCC3)cc2)cc1. The van der Waals surface area contributed by atoms with Crippen LogP contribution in [0.15, 0.2) is 48.5 Å². The number of hydrogen-bond donors (Lipinski definition) is 1. The summed E-state index contributed by atoms with van der Waals surface area (Å²) in [4.78, 5) is 25.9. The van der Waals surface area contributed by atoms with Gasteiger partial charge in [-0.3, -0.25) is 9.59 Å². The number of benzene rings is 2. The quantitative estimate of drug-likeness (QED) is 0.838. The van der Waals surface area contributed by atoms with Crippen LogP contribution in [0.4, 0.5) is 11.4 Å². The number of carbonyl (C=O) groups excluding carboxylic acids is 2. The topological polar surface area (TPSA) is 49.4 Å². The van der Waals surface area contributed by atoms with Crippen molar-refractivity contribution in [3.63, 3.8) is 0 Å². The van der Waals surface area contributed by atoms with Gasteiger partial charge in [0.25, 0.3) is 0 Å². The second-order valence-electron chi connectivity index (χ2n) is 6.57. The molecule has 1 N–H and O–H groups in total. The minimum atomic E-state index is -0.0544. The third-order valence-electron chi connectivity index (χ3n) is 4.60. The molecule has 0 unspecified atom stereocenters. The lowest BCUT2D eigenvalue weighted by Gasteiger charge is -2.28. The predicted molar refractivity (Wildman–Crippen MR) is 101 cm³/mol. The van der Waals surface area contributed by atoms with Gasteiger partial charge in [-0.05, 0) is 68.1 Å². The molecule has 1 fully saturated rings. The van der Waals surface area contributed by atoms with Crippen molar-refractivity contribution >= 4 is 23.1 Å². The predicted octanol–water partition coefficient (Wildman–Crippen LogP) is 4.06. The molecule has 0 spiro atoms. The van der Waals surface area contributed by atoms with Gasteiger partial charge in [0, 0.05) is 30.0 Å². The first kappa shape index (κ1) is 17.2. The zero-order valence-corrected chi connectivity index (χ0v) is 14.6. The Balaban J connectivity index is 1.56. The molecule has 1 saturated heterocycles. The molecule has 1 aliphatic rings. The lowest BCUT2D eigenvalue weighted by molar-refractivity contribution is -0.115. The van der Waals surface area contributed by atoms with Crippen LogP contribution in [0.1, 0.15) is 42.1 Å². The van der Waals surface area contributed by atoms with E-state index < -0.39 is 0 Å². The summed E-state index contributed by atoms with van der Waals surface area (Å²) >= 11 is 0. The maximum atomic E-state index is 12.2. The minimum Gasteiger partial charge on any atom is -0.372 e. The van der Waals surface area contributed by atoms with E-state index in [2.05, 4.69) is 22.3 Å². The van der Waals surface area contributed by atoms with Gasteiger partial charge in [-0.1, -0.05) is 12.1 Å². The van der Waals surface area contributed by atoms with Crippen molar-refractivity contribution in [3.05, 3.63) is 59.7 Å². The highest BCUT2D eigenvalue weighted by molar-refractivity contribution is 5.96. The van der Waals surface area contributed by atoms with Crippen molar-refractivity contribution in [2.45, 2.75) is 32.6 Å². The molecule has 3 rings (SSSR count). The van der Waals surface area contributed by atoms with Crippen LogP contribution >= 0.6 is 0 Å². The average Bonchev–Trinajstić information content (AvgIpc) is 2.63. The molecule has 0 aliphatic carbocycles. The molecule has 4 nitrogen and oxygen atoms in total. The highest BCUT2D eigenvalue weighted by Gasteiger charge is 2.11. The summed E-state index contributed by atoms with van der Waals surface area (Å²) in [6.45, 7) is 3.77. The van der Waals surface area contributed by atoms with Crippen molar-refractivity contribution in [1.82, 2.24) is 0 Å². The number of rotatable bonds is 5. The number of nitrogens with zero attached hydrogens (tertiary/aromatic N) is 1. The van der Waals surface area contributed by atoms with E-state index in [-0.39, 0.29) is 11.7 Å². The Hall–Kier alpha value is -2.62. The molecule has 2 aromatic rings. The maximum absolute atomic E-state index is 12.2. The Morgan fingerprint density at radius 2 is 1.56 bits per heavy atom. The van der Waals surface area contributed by atoms with Gasteiger partial charge < -0.3 is 10.2 Å². The number of nitrogens with one attached hydrogen (secondary N) is 1. The van der Waals surface area contributed by atoms with E-state index >= 15 is 0 Å². The lowest BCUT2D eigenvalue weighted by Crippen LogP contribution is -2.29. The van der Waals surface area contributed by atoms with E-state index in [1.807, 2.05) is 12.1 Å². The summed E-state index contributed by atoms with van der Waals surface area (Å²) in [7, 11) is 0. The molecule has 1 aliphatic heterocycles. The third kappa shape index (κ3) is 4.69. The molecule has 2 aromatic carbocycles. The summed E-state index contributed by atoms with van der Waals surface area (Å²) in [5, 5.41) is 2.87. The molecular weight excluding hydrogens is 312 g/mol. The Morgan fingerprint density at radius 3 is 2.16 bits per heavy atom. The van der Waals surface area contributed by atoms with Gasteiger partial charge in [0.1, 0.15) is 0 Å². The summed E-state index contributed by atoms with van der Waals surface area (Å²) in [6, 6.07) is 15.2. The van der Waals surface area contributed by atoms with Crippen molar-refractivity contribution in [1.29, 1.82) is 0 Å². The van der Waals surface area contributed by atoms with E-state index in [0.29, 0.717) is 17.7 Å². The van der Waals surface area contributed by atoms with Crippen molar-refractivity contribution in [2.24, 2.45) is 0 Å². The van der Waals surface area contributed by atoms with Gasteiger partial charge in [0.15, 0.2) is 5.78 Å². The standard InChI is InChI=1S/C21H24N2O2/c1-16(24)18-7-9-19(10-8-18)22-21(25)15-17-5-11-20(12-6-17)23-13-3-2-4-14-23/h5-12H,2-4,13-15H2,1H3,(H,22,25). The van der Waals surface area contributed by atoms with E-state index in [1.165, 1.54) is 31.9 Å². The van der Waals surface area contributed by atoms with Crippen molar-refractivity contribution in [3.8, 4) is 0 Å². The van der Waals surface area contributed by atoms with Crippen LogP contribution in [0.25, 0.3) is 0 Å². The molecule has 1 heterocycles. The number of amides is 1. The number of anilines is 2. The Labute approximate surface area is 148 Å². The smallest absolute Gasteiger partial charge is 0.228 e. The first-order valence-electron chi connectivity index (χ1n) is 8.86. The molecule has 0 saturated carbocycles. The van der Waals surface area contributed by atoms with Crippen LogP contribution in [0, 0.1) is 0 Å². The van der Waals surface area contributed by atoms with Crippen LogP contribution in [-0.2, 0) is 11.2 Å². The maximum Gasteiger partial charge on any atom is 0.228 e. The van der Waals surface area contributed by atoms with Crippen LogP contribution < -0.4 is 10.2 Å². The van der Waals surface area contributed by atoms with Crippen LogP contribution in [0.3, 0.4) is 0 Å². The zero-order valence-electron chi connectivity index (χ0n) is 14.6. The number of Topliss-reactive ketones (excluding diaryl/α,β-unsaturated/α-hetero) is 1. The first-order chi connectivity index (χ1) is 12.1. The molecule has 0 radical (unpaired) electrons. The lowest BCUT2D eigenvalue weighted by atomic mass is 10.1. The fourth-order valence-corrected chi connectivity index (χ4v) is 3.16. The van der Waals surface area contributed by atoms with E-state index in [4.69, 9.17) is 0 Å². The Bertz CT molecular complexity index is 729. The monoisotopic (exact) mass is 336 g/mol. The Morgan fingerprint density at radius 1 is 0.920 bits per heavy atom. The summed E-state index contributed by atoms with van der Waals surface area (Å²) < 4.78 is 0. The van der Waals surface area contributed by atoms with Crippen molar-refractivity contribution in [2.75, 3.05) is 23.3 Å². The average molecular weight is 336 g/mol. The molecule has 130 valence electrons. The van der Waals surface area contributed by atoms with E-state index in [0.717, 1.165) is 18.7 Å². The van der Waals surface area contributed by atoms with Gasteiger partial charge in [0.05, 0.1) is 6.42 Å². The highest BCUT2D eigenvalue weighted by Crippen LogP contribution is 2.20. The molecule has 0 atom stereocenters. The van der Waals surface area contributed by atoms with E-state index in [1.54, 1.807) is 24.3 Å². The zero-order chi connectivity index (χ0) is 17.6. The molecular formula is C21H24N2O2. The fraction of sp³-hybridized carbons (Fsp3) is 0.333. The van der Waals surface area contributed by atoms with Gasteiger partial charge in [-0.15, -0.1) is 0 Å². The summed E-state index contributed by atoms with van der Waals surface area (Å²) in [5.74, 6) is -0.0343. The molecule has 25 heavy (non-hydrogen) atoms. The summed E-state index contributed by atoms with van der Waals surface area (Å²) in [6.07, 6.45) is 4.18. The van der Waals surface area contributed by atoms with Gasteiger partial charge >= 0.3 is 0 Å². The second kappa shape index (κ2) is 7.97.